The molecule has 3 heteroatoms. The van der Waals surface area contributed by atoms with E-state index in [4.69, 9.17) is 0 Å². The summed E-state index contributed by atoms with van der Waals surface area (Å²) in [5, 5.41) is 2.42. The number of piperidine rings is 1. The number of aromatic nitrogens is 1. The summed E-state index contributed by atoms with van der Waals surface area (Å²) < 4.78 is 0. The molecule has 0 spiro atoms. The van der Waals surface area contributed by atoms with Crippen LogP contribution in [-0.4, -0.2) is 28.9 Å². The van der Waals surface area contributed by atoms with Crippen molar-refractivity contribution in [2.75, 3.05) is 7.05 Å². The van der Waals surface area contributed by atoms with Crippen LogP contribution in [0.15, 0.2) is 54.9 Å². The van der Waals surface area contributed by atoms with Gasteiger partial charge in [-0.25, -0.2) is 0 Å². The number of likely N-dealkylation sites (N-methyl/N-ethyl adjacent to an activating group) is 1. The van der Waals surface area contributed by atoms with Crippen molar-refractivity contribution in [2.45, 2.75) is 44.1 Å². The van der Waals surface area contributed by atoms with Crippen molar-refractivity contribution in [3.05, 3.63) is 66.0 Å². The van der Waals surface area contributed by atoms with Crippen LogP contribution in [0.4, 0.5) is 0 Å². The maximum absolute atomic E-state index is 12.2. The Hall–Kier alpha value is -2.68. The molecule has 3 aromatic rings. The van der Waals surface area contributed by atoms with Crippen molar-refractivity contribution in [1.82, 2.24) is 9.88 Å². The van der Waals surface area contributed by atoms with Crippen LogP contribution in [0.2, 0.25) is 0 Å². The number of hydrogen-bond acceptors (Lipinski definition) is 2. The lowest BCUT2D eigenvalue weighted by molar-refractivity contribution is -0.138. The predicted molar refractivity (Wildman–Crippen MR) is 109 cm³/mol. The first-order valence-corrected chi connectivity index (χ1v) is 9.80. The topological polar surface area (TPSA) is 33.2 Å². The zero-order valence-corrected chi connectivity index (χ0v) is 15.9. The van der Waals surface area contributed by atoms with Crippen LogP contribution >= 0.6 is 0 Å². The van der Waals surface area contributed by atoms with E-state index in [-0.39, 0.29) is 5.41 Å². The summed E-state index contributed by atoms with van der Waals surface area (Å²) in [7, 11) is 1.98. The highest BCUT2D eigenvalue weighted by Crippen LogP contribution is 2.46. The van der Waals surface area contributed by atoms with Crippen LogP contribution < -0.4 is 0 Å². The molecule has 1 amide bonds. The molecular formula is C24H24N2O. The first kappa shape index (κ1) is 16.5. The van der Waals surface area contributed by atoms with E-state index in [1.54, 1.807) is 0 Å². The van der Waals surface area contributed by atoms with Crippen molar-refractivity contribution in [2.24, 2.45) is 0 Å². The zero-order chi connectivity index (χ0) is 18.6. The van der Waals surface area contributed by atoms with Crippen LogP contribution in [0, 0.1) is 0 Å². The second kappa shape index (κ2) is 5.91. The molecule has 0 bridgehead atoms. The van der Waals surface area contributed by atoms with Crippen molar-refractivity contribution in [3.8, 4) is 11.1 Å². The van der Waals surface area contributed by atoms with Gasteiger partial charge in [0.2, 0.25) is 5.91 Å². The molecule has 1 saturated heterocycles. The second-order valence-corrected chi connectivity index (χ2v) is 8.25. The van der Waals surface area contributed by atoms with E-state index in [0.29, 0.717) is 18.4 Å². The maximum Gasteiger partial charge on any atom is 0.222 e. The minimum atomic E-state index is 0.0669. The number of nitrogens with zero attached hydrogens (tertiary/aromatic N) is 2. The van der Waals surface area contributed by atoms with Crippen LogP contribution in [0.5, 0.6) is 0 Å². The summed E-state index contributed by atoms with van der Waals surface area (Å²) in [5.41, 5.74) is 5.48. The Balaban J connectivity index is 1.62. The van der Waals surface area contributed by atoms with Gasteiger partial charge in [-0.15, -0.1) is 0 Å². The lowest BCUT2D eigenvalue weighted by Crippen LogP contribution is -2.56. The standard InChI is InChI=1S/C24H24N2O/c1-24-12-10-23(27)26(2)22(24)9-7-17-14-16(6-8-21(17)24)19-5-3-4-18-15-25-13-11-20(18)19/h3-6,8,11,13-15,22H,7,9-10,12H2,1-2H3/t22-,24-/m1/s1. The molecule has 2 aliphatic rings. The van der Waals surface area contributed by atoms with E-state index in [9.17, 15) is 4.79 Å². The first-order valence-electron chi connectivity index (χ1n) is 9.80. The second-order valence-electron chi connectivity index (χ2n) is 8.25. The third-order valence-corrected chi connectivity index (χ3v) is 6.85. The van der Waals surface area contributed by atoms with E-state index in [1.165, 1.54) is 33.0 Å². The maximum atomic E-state index is 12.2. The number of aryl methyl sites for hydroxylation is 1. The Labute approximate surface area is 160 Å². The molecule has 1 aliphatic heterocycles. The van der Waals surface area contributed by atoms with E-state index >= 15 is 0 Å². The number of likely N-dealkylation sites (tertiary alicyclic amines) is 1. The molecule has 1 aromatic heterocycles. The molecule has 136 valence electrons. The first-order chi connectivity index (χ1) is 13.1. The van der Waals surface area contributed by atoms with Gasteiger partial charge in [0.05, 0.1) is 0 Å². The molecular weight excluding hydrogens is 332 g/mol. The highest BCUT2D eigenvalue weighted by Gasteiger charge is 2.46. The number of pyridine rings is 1. The lowest BCUT2D eigenvalue weighted by Gasteiger charge is -2.50. The molecule has 2 aromatic carbocycles. The van der Waals surface area contributed by atoms with Gasteiger partial charge in [-0.1, -0.05) is 43.3 Å². The van der Waals surface area contributed by atoms with Crippen molar-refractivity contribution < 1.29 is 4.79 Å². The van der Waals surface area contributed by atoms with Gasteiger partial charge in [0.25, 0.3) is 0 Å². The summed E-state index contributed by atoms with van der Waals surface area (Å²) in [6.45, 7) is 2.35. The Morgan fingerprint density at radius 1 is 1.15 bits per heavy atom. The van der Waals surface area contributed by atoms with Crippen LogP contribution in [-0.2, 0) is 16.6 Å². The van der Waals surface area contributed by atoms with Crippen LogP contribution in [0.25, 0.3) is 21.9 Å². The summed E-state index contributed by atoms with van der Waals surface area (Å²) in [6, 6.07) is 15.8. The van der Waals surface area contributed by atoms with Crippen molar-refractivity contribution in [1.29, 1.82) is 0 Å². The number of fused-ring (bicyclic) bond motifs is 4. The van der Waals surface area contributed by atoms with Crippen LogP contribution in [0.3, 0.4) is 0 Å². The molecule has 1 fully saturated rings. The highest BCUT2D eigenvalue weighted by atomic mass is 16.2. The molecule has 1 aliphatic carbocycles. The van der Waals surface area contributed by atoms with E-state index in [0.717, 1.165) is 19.3 Å². The highest BCUT2D eigenvalue weighted by molar-refractivity contribution is 5.96. The molecule has 2 atom stereocenters. The SMILES string of the molecule is CN1C(=O)CC[C@]2(C)c3ccc(-c4cccc5cnccc45)cc3CC[C@@H]12. The molecule has 5 rings (SSSR count). The minimum Gasteiger partial charge on any atom is -0.342 e. The quantitative estimate of drug-likeness (QED) is 0.632. The molecule has 2 heterocycles. The molecule has 0 radical (unpaired) electrons. The number of carbonyl (C=O) groups is 1. The molecule has 3 nitrogen and oxygen atoms in total. The Bertz CT molecular complexity index is 1050. The Kier molecular flexibility index (Phi) is 3.61. The number of hydrogen-bond donors (Lipinski definition) is 0. The monoisotopic (exact) mass is 356 g/mol. The fraction of sp³-hybridized carbons (Fsp3) is 0.333. The third-order valence-electron chi connectivity index (χ3n) is 6.85. The largest absolute Gasteiger partial charge is 0.342 e. The number of amides is 1. The zero-order valence-electron chi connectivity index (χ0n) is 15.9. The molecule has 0 unspecified atom stereocenters. The summed E-state index contributed by atoms with van der Waals surface area (Å²) in [4.78, 5) is 18.4. The number of rotatable bonds is 1. The smallest absolute Gasteiger partial charge is 0.222 e. The van der Waals surface area contributed by atoms with E-state index in [1.807, 2.05) is 24.3 Å². The van der Waals surface area contributed by atoms with Gasteiger partial charge in [-0.05, 0) is 53.0 Å². The lowest BCUT2D eigenvalue weighted by atomic mass is 9.63. The third kappa shape index (κ3) is 2.41. The van der Waals surface area contributed by atoms with Gasteiger partial charge in [0, 0.05) is 42.7 Å². The fourth-order valence-corrected chi connectivity index (χ4v) is 5.33. The Morgan fingerprint density at radius 3 is 2.93 bits per heavy atom. The van der Waals surface area contributed by atoms with Gasteiger partial charge in [0.15, 0.2) is 0 Å². The normalized spacial score (nSPS) is 24.6. The number of carbonyl (C=O) groups excluding carboxylic acids is 1. The Morgan fingerprint density at radius 2 is 2.04 bits per heavy atom. The van der Waals surface area contributed by atoms with Gasteiger partial charge in [-0.2, -0.15) is 0 Å². The average Bonchev–Trinajstić information content (AvgIpc) is 2.70. The van der Waals surface area contributed by atoms with Gasteiger partial charge in [-0.3, -0.25) is 9.78 Å². The minimum absolute atomic E-state index is 0.0669. The van der Waals surface area contributed by atoms with Gasteiger partial charge < -0.3 is 4.90 Å². The van der Waals surface area contributed by atoms with Gasteiger partial charge >= 0.3 is 0 Å². The average molecular weight is 356 g/mol. The predicted octanol–water partition coefficient (Wildman–Crippen LogP) is 4.73. The summed E-state index contributed by atoms with van der Waals surface area (Å²) in [6.07, 6.45) is 7.48. The van der Waals surface area contributed by atoms with Gasteiger partial charge in [0.1, 0.15) is 0 Å². The fourth-order valence-electron chi connectivity index (χ4n) is 5.33. The molecule has 27 heavy (non-hydrogen) atoms. The van der Waals surface area contributed by atoms with E-state index < -0.39 is 0 Å². The summed E-state index contributed by atoms with van der Waals surface area (Å²) in [5.74, 6) is 0.293. The molecule has 0 N–H and O–H groups in total. The molecule has 0 saturated carbocycles. The van der Waals surface area contributed by atoms with Crippen molar-refractivity contribution in [3.63, 3.8) is 0 Å². The number of benzene rings is 2. The van der Waals surface area contributed by atoms with E-state index in [2.05, 4.69) is 54.4 Å². The summed E-state index contributed by atoms with van der Waals surface area (Å²) >= 11 is 0. The van der Waals surface area contributed by atoms with Crippen LogP contribution in [0.1, 0.15) is 37.3 Å². The van der Waals surface area contributed by atoms with Crippen molar-refractivity contribution >= 4 is 16.7 Å².